The van der Waals surface area contributed by atoms with E-state index in [9.17, 15) is 0 Å². The van der Waals surface area contributed by atoms with E-state index in [4.69, 9.17) is 5.11 Å². The van der Waals surface area contributed by atoms with E-state index in [1.54, 1.807) is 0 Å². The Balaban J connectivity index is 2.50. The van der Waals surface area contributed by atoms with Crippen LogP contribution in [-0.4, -0.2) is 23.8 Å². The predicted octanol–water partition coefficient (Wildman–Crippen LogP) is 2.48. The molecule has 2 unspecified atom stereocenters. The van der Waals surface area contributed by atoms with Gasteiger partial charge in [0.05, 0.1) is 0 Å². The van der Waals surface area contributed by atoms with Gasteiger partial charge in [-0.1, -0.05) is 32.9 Å². The maximum atomic E-state index is 9.07. The standard InChI is InChI=1S/C13H25NO/c1-13(2,3)12(9-10-15)14-11-7-5-4-6-8-11/h5,7,11-12,14-15H,4,6,8-10H2,1-3H3. The first-order chi connectivity index (χ1) is 7.04. The van der Waals surface area contributed by atoms with Crippen molar-refractivity contribution in [2.75, 3.05) is 6.61 Å². The van der Waals surface area contributed by atoms with Crippen molar-refractivity contribution < 1.29 is 5.11 Å². The van der Waals surface area contributed by atoms with E-state index in [2.05, 4.69) is 38.2 Å². The van der Waals surface area contributed by atoms with Crippen LogP contribution in [0.4, 0.5) is 0 Å². The monoisotopic (exact) mass is 211 g/mol. The molecule has 0 fully saturated rings. The van der Waals surface area contributed by atoms with Crippen LogP contribution in [0, 0.1) is 5.41 Å². The van der Waals surface area contributed by atoms with E-state index in [1.807, 2.05) is 0 Å². The van der Waals surface area contributed by atoms with Crippen LogP contribution in [0.2, 0.25) is 0 Å². The molecule has 1 rings (SSSR count). The van der Waals surface area contributed by atoms with Crippen LogP contribution in [0.25, 0.3) is 0 Å². The first-order valence-electron chi connectivity index (χ1n) is 6.07. The molecular weight excluding hydrogens is 186 g/mol. The molecule has 0 radical (unpaired) electrons. The average Bonchev–Trinajstić information content (AvgIpc) is 2.17. The normalized spacial score (nSPS) is 24.1. The molecule has 2 N–H and O–H groups in total. The van der Waals surface area contributed by atoms with Gasteiger partial charge in [-0.15, -0.1) is 0 Å². The molecule has 88 valence electrons. The summed E-state index contributed by atoms with van der Waals surface area (Å²) in [5.41, 5.74) is 0.216. The Morgan fingerprint density at radius 1 is 1.47 bits per heavy atom. The number of rotatable bonds is 4. The molecule has 0 saturated heterocycles. The molecular formula is C13H25NO. The van der Waals surface area contributed by atoms with Crippen molar-refractivity contribution in [3.63, 3.8) is 0 Å². The van der Waals surface area contributed by atoms with E-state index in [0.717, 1.165) is 6.42 Å². The lowest BCUT2D eigenvalue weighted by molar-refractivity contribution is 0.188. The summed E-state index contributed by atoms with van der Waals surface area (Å²) in [4.78, 5) is 0. The summed E-state index contributed by atoms with van der Waals surface area (Å²) in [6.07, 6.45) is 9.12. The smallest absolute Gasteiger partial charge is 0.0446 e. The predicted molar refractivity (Wildman–Crippen MR) is 64.9 cm³/mol. The SMILES string of the molecule is CC(C)(C)C(CCO)NC1C=CCCC1. The first kappa shape index (κ1) is 12.7. The third-order valence-electron chi connectivity index (χ3n) is 3.13. The quantitative estimate of drug-likeness (QED) is 0.700. The lowest BCUT2D eigenvalue weighted by atomic mass is 9.84. The van der Waals surface area contributed by atoms with Crippen LogP contribution in [0.5, 0.6) is 0 Å². The van der Waals surface area contributed by atoms with Crippen LogP contribution in [0.15, 0.2) is 12.2 Å². The molecule has 0 aromatic heterocycles. The zero-order valence-electron chi connectivity index (χ0n) is 10.3. The van der Waals surface area contributed by atoms with Gasteiger partial charge in [0.25, 0.3) is 0 Å². The second-order valence-electron chi connectivity index (χ2n) is 5.56. The molecule has 0 amide bonds. The van der Waals surface area contributed by atoms with Crippen LogP contribution >= 0.6 is 0 Å². The number of hydrogen-bond donors (Lipinski definition) is 2. The summed E-state index contributed by atoms with van der Waals surface area (Å²) >= 11 is 0. The van der Waals surface area contributed by atoms with Gasteiger partial charge in [-0.2, -0.15) is 0 Å². The van der Waals surface area contributed by atoms with Crippen molar-refractivity contribution >= 4 is 0 Å². The zero-order valence-corrected chi connectivity index (χ0v) is 10.3. The summed E-state index contributed by atoms with van der Waals surface area (Å²) < 4.78 is 0. The highest BCUT2D eigenvalue weighted by molar-refractivity contribution is 4.99. The highest BCUT2D eigenvalue weighted by Crippen LogP contribution is 2.23. The maximum Gasteiger partial charge on any atom is 0.0446 e. The highest BCUT2D eigenvalue weighted by atomic mass is 16.3. The Labute approximate surface area is 93.8 Å². The molecule has 0 aliphatic heterocycles. The summed E-state index contributed by atoms with van der Waals surface area (Å²) in [5, 5.41) is 12.7. The minimum absolute atomic E-state index is 0.216. The number of hydrogen-bond acceptors (Lipinski definition) is 2. The van der Waals surface area contributed by atoms with E-state index in [0.29, 0.717) is 12.1 Å². The van der Waals surface area contributed by atoms with Gasteiger partial charge >= 0.3 is 0 Å². The Bertz CT molecular complexity index is 205. The Morgan fingerprint density at radius 3 is 2.67 bits per heavy atom. The summed E-state index contributed by atoms with van der Waals surface area (Å²) in [6.45, 7) is 6.96. The summed E-state index contributed by atoms with van der Waals surface area (Å²) in [5.74, 6) is 0. The van der Waals surface area contributed by atoms with Crippen molar-refractivity contribution in [1.82, 2.24) is 5.32 Å². The fourth-order valence-electron chi connectivity index (χ4n) is 2.11. The van der Waals surface area contributed by atoms with Crippen LogP contribution < -0.4 is 5.32 Å². The number of aliphatic hydroxyl groups excluding tert-OH is 1. The number of aliphatic hydroxyl groups is 1. The van der Waals surface area contributed by atoms with Crippen molar-refractivity contribution in [1.29, 1.82) is 0 Å². The van der Waals surface area contributed by atoms with Crippen molar-refractivity contribution in [2.45, 2.75) is 58.5 Å². The maximum absolute atomic E-state index is 9.07. The molecule has 2 nitrogen and oxygen atoms in total. The molecule has 15 heavy (non-hydrogen) atoms. The fourth-order valence-corrected chi connectivity index (χ4v) is 2.11. The van der Waals surface area contributed by atoms with Gasteiger partial charge in [0, 0.05) is 18.7 Å². The molecule has 0 aromatic rings. The van der Waals surface area contributed by atoms with Gasteiger partial charge in [0.15, 0.2) is 0 Å². The zero-order chi connectivity index (χ0) is 11.3. The minimum Gasteiger partial charge on any atom is -0.396 e. The van der Waals surface area contributed by atoms with Gasteiger partial charge in [-0.25, -0.2) is 0 Å². The van der Waals surface area contributed by atoms with Crippen molar-refractivity contribution in [3.05, 3.63) is 12.2 Å². The summed E-state index contributed by atoms with van der Waals surface area (Å²) in [6, 6.07) is 0.907. The molecule has 2 heteroatoms. The molecule has 2 atom stereocenters. The summed E-state index contributed by atoms with van der Waals surface area (Å²) in [7, 11) is 0. The number of allylic oxidation sites excluding steroid dienone is 1. The van der Waals surface area contributed by atoms with E-state index in [1.165, 1.54) is 19.3 Å². The third-order valence-corrected chi connectivity index (χ3v) is 3.13. The van der Waals surface area contributed by atoms with Gasteiger partial charge in [-0.05, 0) is 31.1 Å². The Morgan fingerprint density at radius 2 is 2.20 bits per heavy atom. The topological polar surface area (TPSA) is 32.3 Å². The Kier molecular flexibility index (Phi) is 4.81. The van der Waals surface area contributed by atoms with Gasteiger partial charge in [0.1, 0.15) is 0 Å². The van der Waals surface area contributed by atoms with Crippen LogP contribution in [0.3, 0.4) is 0 Å². The number of nitrogens with one attached hydrogen (secondary N) is 1. The lowest BCUT2D eigenvalue weighted by Gasteiger charge is -2.34. The second-order valence-corrected chi connectivity index (χ2v) is 5.56. The lowest BCUT2D eigenvalue weighted by Crippen LogP contribution is -2.46. The average molecular weight is 211 g/mol. The van der Waals surface area contributed by atoms with Gasteiger partial charge in [0.2, 0.25) is 0 Å². The third kappa shape index (κ3) is 4.35. The van der Waals surface area contributed by atoms with Gasteiger partial charge in [-0.3, -0.25) is 0 Å². The molecule has 1 aliphatic rings. The van der Waals surface area contributed by atoms with E-state index >= 15 is 0 Å². The fraction of sp³-hybridized carbons (Fsp3) is 0.846. The molecule has 0 heterocycles. The molecule has 0 bridgehead atoms. The van der Waals surface area contributed by atoms with E-state index < -0.39 is 0 Å². The van der Waals surface area contributed by atoms with Crippen molar-refractivity contribution in [3.8, 4) is 0 Å². The molecule has 0 saturated carbocycles. The minimum atomic E-state index is 0.216. The van der Waals surface area contributed by atoms with Crippen LogP contribution in [-0.2, 0) is 0 Å². The largest absolute Gasteiger partial charge is 0.396 e. The molecule has 0 aromatic carbocycles. The van der Waals surface area contributed by atoms with E-state index in [-0.39, 0.29) is 12.0 Å². The van der Waals surface area contributed by atoms with Gasteiger partial charge < -0.3 is 10.4 Å². The molecule has 0 spiro atoms. The Hall–Kier alpha value is -0.340. The molecule has 1 aliphatic carbocycles. The highest BCUT2D eigenvalue weighted by Gasteiger charge is 2.25. The second kappa shape index (κ2) is 5.66. The first-order valence-corrected chi connectivity index (χ1v) is 6.07. The van der Waals surface area contributed by atoms with Crippen molar-refractivity contribution in [2.24, 2.45) is 5.41 Å². The van der Waals surface area contributed by atoms with Crippen LogP contribution in [0.1, 0.15) is 46.5 Å².